The smallest absolute Gasteiger partial charge is 0.165 e. The summed E-state index contributed by atoms with van der Waals surface area (Å²) >= 11 is 3.61. The van der Waals surface area contributed by atoms with Gasteiger partial charge in [-0.25, -0.2) is 0 Å². The highest BCUT2D eigenvalue weighted by Crippen LogP contribution is 2.48. The predicted octanol–water partition coefficient (Wildman–Crippen LogP) is 5.43. The number of H-pyrrole nitrogens is 1. The van der Waals surface area contributed by atoms with Crippen molar-refractivity contribution in [3.05, 3.63) is 23.4 Å². The van der Waals surface area contributed by atoms with Gasteiger partial charge in [-0.3, -0.25) is 9.89 Å². The van der Waals surface area contributed by atoms with Crippen molar-refractivity contribution in [2.24, 2.45) is 11.3 Å². The molecule has 3 nitrogen and oxygen atoms in total. The van der Waals surface area contributed by atoms with Crippen molar-refractivity contribution in [1.29, 1.82) is 0 Å². The minimum absolute atomic E-state index is 0.0403. The lowest BCUT2D eigenvalue weighted by Gasteiger charge is -2.29. The Morgan fingerprint density at radius 2 is 2.22 bits per heavy atom. The molecule has 1 atom stereocenters. The molecule has 1 N–H and O–H groups in total. The molecule has 2 aromatic heterocycles. The van der Waals surface area contributed by atoms with Gasteiger partial charge in [-0.15, -0.1) is 23.1 Å². The summed E-state index contributed by atoms with van der Waals surface area (Å²) in [5.74, 6) is 2.05. The van der Waals surface area contributed by atoms with E-state index < -0.39 is 0 Å². The second-order valence-electron chi connectivity index (χ2n) is 7.31. The molecule has 0 radical (unpaired) electrons. The maximum atomic E-state index is 12.8. The van der Waals surface area contributed by atoms with E-state index in [2.05, 4.69) is 37.9 Å². The minimum atomic E-state index is 0.0403. The second kappa shape index (κ2) is 6.44. The highest BCUT2D eigenvalue weighted by Gasteiger charge is 2.36. The van der Waals surface area contributed by atoms with Crippen molar-refractivity contribution in [2.75, 3.05) is 5.75 Å². The first-order valence-electron chi connectivity index (χ1n) is 8.22. The first kappa shape index (κ1) is 16.8. The third-order valence-electron chi connectivity index (χ3n) is 4.49. The van der Waals surface area contributed by atoms with Gasteiger partial charge < -0.3 is 0 Å². The molecule has 0 saturated carbocycles. The van der Waals surface area contributed by atoms with Crippen molar-refractivity contribution < 1.29 is 4.79 Å². The van der Waals surface area contributed by atoms with Crippen LogP contribution in [0.25, 0.3) is 10.6 Å². The highest BCUT2D eigenvalue weighted by atomic mass is 32.2. The van der Waals surface area contributed by atoms with Gasteiger partial charge in [0.2, 0.25) is 0 Å². The highest BCUT2D eigenvalue weighted by molar-refractivity contribution is 8.01. The van der Waals surface area contributed by atoms with Gasteiger partial charge in [0.25, 0.3) is 0 Å². The second-order valence-corrected chi connectivity index (χ2v) is 9.62. The van der Waals surface area contributed by atoms with Crippen LogP contribution in [0, 0.1) is 11.3 Å². The predicted molar refractivity (Wildman–Crippen MR) is 98.5 cm³/mol. The van der Waals surface area contributed by atoms with Crippen LogP contribution < -0.4 is 0 Å². The maximum absolute atomic E-state index is 12.8. The van der Waals surface area contributed by atoms with Crippen molar-refractivity contribution in [3.8, 4) is 10.6 Å². The van der Waals surface area contributed by atoms with Crippen molar-refractivity contribution in [3.63, 3.8) is 0 Å². The third-order valence-corrected chi connectivity index (χ3v) is 7.35. The number of fused-ring (bicyclic) bond motifs is 1. The Labute approximate surface area is 146 Å². The molecule has 1 unspecified atom stereocenters. The van der Waals surface area contributed by atoms with Crippen LogP contribution in [0.4, 0.5) is 0 Å². The summed E-state index contributed by atoms with van der Waals surface area (Å²) in [6.07, 6.45) is 4.57. The first-order chi connectivity index (χ1) is 10.9. The van der Waals surface area contributed by atoms with Gasteiger partial charge in [-0.2, -0.15) is 5.10 Å². The van der Waals surface area contributed by atoms with E-state index in [0.29, 0.717) is 18.1 Å². The summed E-state index contributed by atoms with van der Waals surface area (Å²) in [4.78, 5) is 14.0. The number of nitrogens with zero attached hydrogens (tertiary/aromatic N) is 1. The van der Waals surface area contributed by atoms with Crippen LogP contribution in [0.5, 0.6) is 0 Å². The van der Waals surface area contributed by atoms with Gasteiger partial charge in [0.15, 0.2) is 5.78 Å². The molecule has 3 rings (SSSR count). The summed E-state index contributed by atoms with van der Waals surface area (Å²) in [7, 11) is 0. The fraction of sp³-hybridized carbons (Fsp3) is 0.556. The molecule has 1 aliphatic carbocycles. The molecule has 0 aliphatic heterocycles. The quantitative estimate of drug-likeness (QED) is 0.733. The minimum Gasteiger partial charge on any atom is -0.294 e. The number of carbonyl (C=O) groups excluding carboxylic acids is 1. The molecule has 5 heteroatoms. The van der Waals surface area contributed by atoms with Crippen LogP contribution in [-0.2, 0) is 6.42 Å². The van der Waals surface area contributed by atoms with E-state index in [1.54, 1.807) is 17.5 Å². The van der Waals surface area contributed by atoms with E-state index >= 15 is 0 Å². The number of aromatic nitrogens is 2. The standard InChI is InChI=1S/C18H24N2OS2/c1-5-11(2)10-22-17-15-12(8-18(3,4)9-14(15)21)16(23-17)13-6-7-19-20-13/h6-7,11H,5,8-10H2,1-4H3,(H,19,20). The lowest BCUT2D eigenvalue weighted by Crippen LogP contribution is -2.26. The van der Waals surface area contributed by atoms with E-state index in [-0.39, 0.29) is 5.41 Å². The summed E-state index contributed by atoms with van der Waals surface area (Å²) in [6.45, 7) is 8.87. The van der Waals surface area contributed by atoms with Gasteiger partial charge in [0.05, 0.1) is 14.8 Å². The summed E-state index contributed by atoms with van der Waals surface area (Å²) in [6, 6.07) is 2.00. The van der Waals surface area contributed by atoms with Crippen molar-refractivity contribution >= 4 is 28.9 Å². The molecule has 124 valence electrons. The van der Waals surface area contributed by atoms with Crippen LogP contribution in [0.1, 0.15) is 56.5 Å². The van der Waals surface area contributed by atoms with E-state index in [9.17, 15) is 4.79 Å². The van der Waals surface area contributed by atoms with Crippen LogP contribution in [-0.4, -0.2) is 21.7 Å². The normalized spacial score (nSPS) is 18.0. The van der Waals surface area contributed by atoms with Gasteiger partial charge in [-0.1, -0.05) is 34.1 Å². The number of Topliss-reactive ketones (excluding diaryl/α,β-unsaturated/α-hetero) is 1. The molecule has 0 bridgehead atoms. The Morgan fingerprint density at radius 1 is 1.43 bits per heavy atom. The maximum Gasteiger partial charge on any atom is 0.165 e. The van der Waals surface area contributed by atoms with E-state index in [4.69, 9.17) is 0 Å². The van der Waals surface area contributed by atoms with Crippen LogP contribution in [0.2, 0.25) is 0 Å². The van der Waals surface area contributed by atoms with Crippen LogP contribution in [0.3, 0.4) is 0 Å². The average molecular weight is 349 g/mol. The molecule has 0 aromatic carbocycles. The van der Waals surface area contributed by atoms with E-state index in [1.807, 2.05) is 17.8 Å². The lowest BCUT2D eigenvalue weighted by molar-refractivity contribution is 0.0910. The fourth-order valence-electron chi connectivity index (χ4n) is 2.99. The Hall–Kier alpha value is -1.07. The van der Waals surface area contributed by atoms with Gasteiger partial charge in [0.1, 0.15) is 0 Å². The molecule has 0 saturated heterocycles. The number of thiophene rings is 1. The van der Waals surface area contributed by atoms with E-state index in [1.165, 1.54) is 21.1 Å². The SMILES string of the molecule is CCC(C)CSc1sc(-c2ccn[nH]2)c2c1C(=O)CC(C)(C)C2. The topological polar surface area (TPSA) is 45.8 Å². The molecule has 0 amide bonds. The monoisotopic (exact) mass is 348 g/mol. The lowest BCUT2D eigenvalue weighted by atomic mass is 9.74. The number of aromatic amines is 1. The molecule has 2 heterocycles. The zero-order valence-corrected chi connectivity index (χ0v) is 15.9. The molecule has 1 aliphatic rings. The fourth-order valence-corrected chi connectivity index (χ4v) is 5.78. The molecule has 0 fully saturated rings. The zero-order valence-electron chi connectivity index (χ0n) is 14.2. The number of carbonyl (C=O) groups is 1. The average Bonchev–Trinajstić information content (AvgIpc) is 3.10. The van der Waals surface area contributed by atoms with Crippen molar-refractivity contribution in [1.82, 2.24) is 10.2 Å². The number of hydrogen-bond acceptors (Lipinski definition) is 4. The van der Waals surface area contributed by atoms with Crippen LogP contribution >= 0.6 is 23.1 Å². The molecular formula is C18H24N2OS2. The number of hydrogen-bond donors (Lipinski definition) is 1. The molecular weight excluding hydrogens is 324 g/mol. The van der Waals surface area contributed by atoms with Gasteiger partial charge >= 0.3 is 0 Å². The third kappa shape index (κ3) is 3.41. The molecule has 0 spiro atoms. The Balaban J connectivity index is 2.03. The number of rotatable bonds is 5. The number of ketones is 1. The summed E-state index contributed by atoms with van der Waals surface area (Å²) in [5, 5.41) is 7.16. The summed E-state index contributed by atoms with van der Waals surface area (Å²) in [5.41, 5.74) is 3.30. The number of nitrogens with one attached hydrogen (secondary N) is 1. The number of thioether (sulfide) groups is 1. The Morgan fingerprint density at radius 3 is 2.87 bits per heavy atom. The van der Waals surface area contributed by atoms with E-state index in [0.717, 1.165) is 23.4 Å². The first-order valence-corrected chi connectivity index (χ1v) is 10.0. The Bertz CT molecular complexity index is 701. The molecule has 2 aromatic rings. The van der Waals surface area contributed by atoms with Gasteiger partial charge in [-0.05, 0) is 29.4 Å². The summed E-state index contributed by atoms with van der Waals surface area (Å²) < 4.78 is 1.20. The van der Waals surface area contributed by atoms with Crippen LogP contribution in [0.15, 0.2) is 16.5 Å². The van der Waals surface area contributed by atoms with Crippen molar-refractivity contribution in [2.45, 2.75) is 51.2 Å². The van der Waals surface area contributed by atoms with Gasteiger partial charge in [0, 0.05) is 23.9 Å². The zero-order chi connectivity index (χ0) is 16.6. The largest absolute Gasteiger partial charge is 0.294 e. The molecule has 23 heavy (non-hydrogen) atoms. The Kier molecular flexibility index (Phi) is 4.70.